The Bertz CT molecular complexity index is 456. The second-order valence-corrected chi connectivity index (χ2v) is 6.52. The molecule has 3 N–H and O–H groups in total. The molecule has 1 aliphatic carbocycles. The molecule has 1 amide bonds. The van der Waals surface area contributed by atoms with Gasteiger partial charge in [0, 0.05) is 5.69 Å². The minimum absolute atomic E-state index is 0.222. The average molecular weight is 274 g/mol. The van der Waals surface area contributed by atoms with Crippen molar-refractivity contribution in [3.63, 3.8) is 0 Å². The molecule has 1 saturated carbocycles. The quantitative estimate of drug-likeness (QED) is 0.883. The van der Waals surface area contributed by atoms with Gasteiger partial charge in [0.05, 0.1) is 0 Å². The fourth-order valence-electron chi connectivity index (χ4n) is 3.15. The van der Waals surface area contributed by atoms with Gasteiger partial charge in [-0.1, -0.05) is 31.5 Å². The summed E-state index contributed by atoms with van der Waals surface area (Å²) in [4.78, 5) is 12.0. The van der Waals surface area contributed by atoms with Crippen LogP contribution in [0.25, 0.3) is 0 Å². The van der Waals surface area contributed by atoms with E-state index in [0.717, 1.165) is 31.4 Å². The van der Waals surface area contributed by atoms with Crippen LogP contribution in [0.5, 0.6) is 0 Å². The number of primary amides is 1. The standard InChI is InChI=1S/C17H26N2O/c1-12(2)14-8-10-17(11-9-14,16(18)20)19-15-6-4-13(3)5-7-15/h4-7,12,14,19H,8-11H2,1-3H3,(H2,18,20). The molecule has 0 radical (unpaired) electrons. The normalized spacial score (nSPS) is 26.5. The third-order valence-electron chi connectivity index (χ3n) is 4.73. The molecular weight excluding hydrogens is 248 g/mol. The van der Waals surface area contributed by atoms with Gasteiger partial charge in [-0.05, 0) is 56.6 Å². The van der Waals surface area contributed by atoms with Crippen molar-refractivity contribution < 1.29 is 4.79 Å². The average Bonchev–Trinajstić information content (AvgIpc) is 2.42. The number of hydrogen-bond donors (Lipinski definition) is 2. The molecule has 3 heteroatoms. The minimum Gasteiger partial charge on any atom is -0.371 e. The van der Waals surface area contributed by atoms with Crippen molar-refractivity contribution >= 4 is 11.6 Å². The second-order valence-electron chi connectivity index (χ2n) is 6.52. The van der Waals surface area contributed by atoms with Crippen LogP contribution in [0, 0.1) is 18.8 Å². The maximum atomic E-state index is 12.0. The smallest absolute Gasteiger partial charge is 0.243 e. The monoisotopic (exact) mass is 274 g/mol. The number of nitrogens with one attached hydrogen (secondary N) is 1. The zero-order valence-corrected chi connectivity index (χ0v) is 12.8. The highest BCUT2D eigenvalue weighted by molar-refractivity contribution is 5.88. The third kappa shape index (κ3) is 3.14. The van der Waals surface area contributed by atoms with Crippen LogP contribution in [0.15, 0.2) is 24.3 Å². The van der Waals surface area contributed by atoms with Crippen molar-refractivity contribution in [3.8, 4) is 0 Å². The van der Waals surface area contributed by atoms with E-state index < -0.39 is 5.54 Å². The molecule has 0 heterocycles. The van der Waals surface area contributed by atoms with E-state index in [-0.39, 0.29) is 5.91 Å². The van der Waals surface area contributed by atoms with Gasteiger partial charge in [0.2, 0.25) is 5.91 Å². The van der Waals surface area contributed by atoms with Gasteiger partial charge in [0.25, 0.3) is 0 Å². The molecule has 0 aromatic heterocycles. The molecular formula is C17H26N2O. The second kappa shape index (κ2) is 5.86. The van der Waals surface area contributed by atoms with Gasteiger partial charge in [-0.15, -0.1) is 0 Å². The van der Waals surface area contributed by atoms with Gasteiger partial charge in [0.15, 0.2) is 0 Å². The summed E-state index contributed by atoms with van der Waals surface area (Å²) in [6.07, 6.45) is 3.80. The summed E-state index contributed by atoms with van der Waals surface area (Å²) in [7, 11) is 0. The van der Waals surface area contributed by atoms with E-state index in [1.807, 2.05) is 12.1 Å². The molecule has 0 bridgehead atoms. The summed E-state index contributed by atoms with van der Waals surface area (Å²) < 4.78 is 0. The molecule has 0 saturated heterocycles. The van der Waals surface area contributed by atoms with Crippen LogP contribution in [-0.4, -0.2) is 11.4 Å². The van der Waals surface area contributed by atoms with E-state index in [1.54, 1.807) is 0 Å². The molecule has 1 aliphatic rings. The minimum atomic E-state index is -0.569. The lowest BCUT2D eigenvalue weighted by Gasteiger charge is -2.40. The topological polar surface area (TPSA) is 55.1 Å². The zero-order chi connectivity index (χ0) is 14.8. The Morgan fingerprint density at radius 1 is 1.25 bits per heavy atom. The molecule has 0 aliphatic heterocycles. The number of hydrogen-bond acceptors (Lipinski definition) is 2. The van der Waals surface area contributed by atoms with Crippen LogP contribution < -0.4 is 11.1 Å². The summed E-state index contributed by atoms with van der Waals surface area (Å²) in [5.74, 6) is 1.17. The van der Waals surface area contributed by atoms with E-state index in [2.05, 4.69) is 38.2 Å². The molecule has 1 aromatic carbocycles. The van der Waals surface area contributed by atoms with E-state index in [1.165, 1.54) is 5.56 Å². The highest BCUT2D eigenvalue weighted by atomic mass is 16.1. The predicted octanol–water partition coefficient (Wildman–Crippen LogP) is 3.48. The SMILES string of the molecule is Cc1ccc(NC2(C(N)=O)CCC(C(C)C)CC2)cc1. The number of anilines is 1. The van der Waals surface area contributed by atoms with Crippen molar-refractivity contribution in [2.75, 3.05) is 5.32 Å². The highest BCUT2D eigenvalue weighted by Crippen LogP contribution is 2.37. The number of carbonyl (C=O) groups is 1. The summed E-state index contributed by atoms with van der Waals surface area (Å²) in [5.41, 5.74) is 7.33. The van der Waals surface area contributed by atoms with E-state index in [9.17, 15) is 4.79 Å². The van der Waals surface area contributed by atoms with Gasteiger partial charge < -0.3 is 11.1 Å². The van der Waals surface area contributed by atoms with E-state index in [4.69, 9.17) is 5.73 Å². The van der Waals surface area contributed by atoms with Gasteiger partial charge in [0.1, 0.15) is 5.54 Å². The van der Waals surface area contributed by atoms with Crippen molar-refractivity contribution in [3.05, 3.63) is 29.8 Å². The molecule has 20 heavy (non-hydrogen) atoms. The van der Waals surface area contributed by atoms with Crippen LogP contribution in [0.3, 0.4) is 0 Å². The maximum Gasteiger partial charge on any atom is 0.243 e. The molecule has 3 nitrogen and oxygen atoms in total. The lowest BCUT2D eigenvalue weighted by molar-refractivity contribution is -0.123. The first kappa shape index (κ1) is 14.9. The van der Waals surface area contributed by atoms with Gasteiger partial charge in [-0.25, -0.2) is 0 Å². The Labute approximate surface area is 121 Å². The lowest BCUT2D eigenvalue weighted by atomic mass is 9.72. The first-order chi connectivity index (χ1) is 9.43. The molecule has 110 valence electrons. The van der Waals surface area contributed by atoms with Crippen LogP contribution in [0.2, 0.25) is 0 Å². The first-order valence-electron chi connectivity index (χ1n) is 7.58. The van der Waals surface area contributed by atoms with Crippen LogP contribution in [0.1, 0.15) is 45.1 Å². The van der Waals surface area contributed by atoms with E-state index >= 15 is 0 Å². The summed E-state index contributed by atoms with van der Waals surface area (Å²) in [6.45, 7) is 6.58. The van der Waals surface area contributed by atoms with Crippen LogP contribution >= 0.6 is 0 Å². The number of aryl methyl sites for hydroxylation is 1. The van der Waals surface area contributed by atoms with Crippen molar-refractivity contribution in [1.82, 2.24) is 0 Å². The molecule has 1 aromatic rings. The summed E-state index contributed by atoms with van der Waals surface area (Å²) in [6, 6.07) is 8.15. The van der Waals surface area contributed by atoms with Crippen LogP contribution in [-0.2, 0) is 4.79 Å². The van der Waals surface area contributed by atoms with E-state index in [0.29, 0.717) is 11.8 Å². The Hall–Kier alpha value is -1.51. The Balaban J connectivity index is 2.12. The number of rotatable bonds is 4. The van der Waals surface area contributed by atoms with Crippen molar-refractivity contribution in [2.24, 2.45) is 17.6 Å². The zero-order valence-electron chi connectivity index (χ0n) is 12.8. The third-order valence-corrected chi connectivity index (χ3v) is 4.73. The Morgan fingerprint density at radius 2 is 1.80 bits per heavy atom. The Morgan fingerprint density at radius 3 is 2.25 bits per heavy atom. The summed E-state index contributed by atoms with van der Waals surface area (Å²) >= 11 is 0. The molecule has 0 spiro atoms. The van der Waals surface area contributed by atoms with Crippen molar-refractivity contribution in [1.29, 1.82) is 0 Å². The maximum absolute atomic E-state index is 12.0. The molecule has 2 rings (SSSR count). The number of nitrogens with two attached hydrogens (primary N) is 1. The van der Waals surface area contributed by atoms with Gasteiger partial charge in [-0.3, -0.25) is 4.79 Å². The first-order valence-corrected chi connectivity index (χ1v) is 7.58. The van der Waals surface area contributed by atoms with Crippen LogP contribution in [0.4, 0.5) is 5.69 Å². The highest BCUT2D eigenvalue weighted by Gasteiger charge is 2.40. The van der Waals surface area contributed by atoms with Gasteiger partial charge in [-0.2, -0.15) is 0 Å². The lowest BCUT2D eigenvalue weighted by Crippen LogP contribution is -2.53. The largest absolute Gasteiger partial charge is 0.371 e. The number of benzene rings is 1. The predicted molar refractivity (Wildman–Crippen MR) is 83.5 cm³/mol. The number of carbonyl (C=O) groups excluding carboxylic acids is 1. The number of amides is 1. The fourth-order valence-corrected chi connectivity index (χ4v) is 3.15. The van der Waals surface area contributed by atoms with Crippen molar-refractivity contribution in [2.45, 2.75) is 52.0 Å². The molecule has 0 atom stereocenters. The molecule has 0 unspecified atom stereocenters. The fraction of sp³-hybridized carbons (Fsp3) is 0.588. The summed E-state index contributed by atoms with van der Waals surface area (Å²) in [5, 5.41) is 3.41. The Kier molecular flexibility index (Phi) is 4.36. The molecule has 1 fully saturated rings. The van der Waals surface area contributed by atoms with Gasteiger partial charge >= 0.3 is 0 Å².